The molecule has 0 bridgehead atoms. The summed E-state index contributed by atoms with van der Waals surface area (Å²) in [5.41, 5.74) is -0.199. The summed E-state index contributed by atoms with van der Waals surface area (Å²) in [6, 6.07) is 5.10. The molecule has 6 nitrogen and oxygen atoms in total. The number of carbonyl (C=O) groups excluding carboxylic acids is 2. The fourth-order valence-electron chi connectivity index (χ4n) is 3.03. The first kappa shape index (κ1) is 18.1. The van der Waals surface area contributed by atoms with E-state index in [9.17, 15) is 9.59 Å². The van der Waals surface area contributed by atoms with Gasteiger partial charge in [0.1, 0.15) is 11.5 Å². The maximum Gasteiger partial charge on any atom is 0.313 e. The lowest BCUT2D eigenvalue weighted by molar-refractivity contribution is -0.157. The fraction of sp³-hybridized carbons (Fsp3) is 0.556. The second-order valence-electron chi connectivity index (χ2n) is 6.18. The van der Waals surface area contributed by atoms with Gasteiger partial charge in [0, 0.05) is 19.2 Å². The number of amides is 1. The van der Waals surface area contributed by atoms with Crippen LogP contribution in [0.4, 0.5) is 0 Å². The topological polar surface area (TPSA) is 65.1 Å². The first-order chi connectivity index (χ1) is 11.4. The van der Waals surface area contributed by atoms with Crippen LogP contribution in [-0.2, 0) is 9.53 Å². The highest BCUT2D eigenvalue weighted by molar-refractivity contribution is 5.97. The minimum absolute atomic E-state index is 0.148. The van der Waals surface area contributed by atoms with Crippen molar-refractivity contribution in [3.63, 3.8) is 0 Å². The van der Waals surface area contributed by atoms with Crippen LogP contribution in [0.1, 0.15) is 37.0 Å². The van der Waals surface area contributed by atoms with Crippen LogP contribution in [0, 0.1) is 5.41 Å². The van der Waals surface area contributed by atoms with E-state index < -0.39 is 5.41 Å². The molecule has 1 aliphatic heterocycles. The zero-order valence-electron chi connectivity index (χ0n) is 14.8. The molecule has 1 amide bonds. The molecule has 132 valence electrons. The van der Waals surface area contributed by atoms with E-state index in [0.29, 0.717) is 36.8 Å². The molecule has 1 aromatic carbocycles. The van der Waals surface area contributed by atoms with Gasteiger partial charge in [0.25, 0.3) is 5.91 Å². The number of hydrogen-bond acceptors (Lipinski definition) is 5. The molecule has 1 atom stereocenters. The van der Waals surface area contributed by atoms with E-state index in [-0.39, 0.29) is 11.9 Å². The molecular weight excluding hydrogens is 310 g/mol. The van der Waals surface area contributed by atoms with Crippen LogP contribution in [0.15, 0.2) is 18.2 Å². The molecule has 6 heteroatoms. The molecule has 0 saturated carbocycles. The minimum atomic E-state index is -0.663. The monoisotopic (exact) mass is 335 g/mol. The highest BCUT2D eigenvalue weighted by Crippen LogP contribution is 2.33. The maximum absolute atomic E-state index is 12.9. The van der Waals surface area contributed by atoms with E-state index in [1.807, 2.05) is 6.92 Å². The third kappa shape index (κ3) is 3.63. The molecule has 0 N–H and O–H groups in total. The van der Waals surface area contributed by atoms with E-state index in [0.717, 1.165) is 12.8 Å². The van der Waals surface area contributed by atoms with Gasteiger partial charge >= 0.3 is 5.97 Å². The highest BCUT2D eigenvalue weighted by Gasteiger charge is 2.41. The second-order valence-corrected chi connectivity index (χ2v) is 6.18. The zero-order valence-corrected chi connectivity index (χ0v) is 14.8. The van der Waals surface area contributed by atoms with Gasteiger partial charge < -0.3 is 19.1 Å². The first-order valence-corrected chi connectivity index (χ1v) is 8.13. The first-order valence-electron chi connectivity index (χ1n) is 8.13. The van der Waals surface area contributed by atoms with Crippen molar-refractivity contribution >= 4 is 11.9 Å². The number of hydrogen-bond donors (Lipinski definition) is 0. The van der Waals surface area contributed by atoms with Gasteiger partial charge in [-0.15, -0.1) is 0 Å². The lowest BCUT2D eigenvalue weighted by atomic mass is 9.81. The largest absolute Gasteiger partial charge is 0.497 e. The number of ether oxygens (including phenoxy) is 3. The molecule has 1 unspecified atom stereocenters. The van der Waals surface area contributed by atoms with E-state index in [1.54, 1.807) is 37.1 Å². The molecule has 1 aromatic rings. The molecule has 1 aliphatic rings. The Morgan fingerprint density at radius 1 is 1.25 bits per heavy atom. The second kappa shape index (κ2) is 7.55. The van der Waals surface area contributed by atoms with Crippen LogP contribution in [-0.4, -0.2) is 50.7 Å². The predicted molar refractivity (Wildman–Crippen MR) is 89.4 cm³/mol. The van der Waals surface area contributed by atoms with Crippen molar-refractivity contribution in [2.45, 2.75) is 26.7 Å². The van der Waals surface area contributed by atoms with Crippen LogP contribution in [0.25, 0.3) is 0 Å². The van der Waals surface area contributed by atoms with Gasteiger partial charge in [0.05, 0.1) is 31.8 Å². The minimum Gasteiger partial charge on any atom is -0.497 e. The zero-order chi connectivity index (χ0) is 17.7. The number of nitrogens with zero attached hydrogens (tertiary/aromatic N) is 1. The molecule has 1 saturated heterocycles. The molecule has 24 heavy (non-hydrogen) atoms. The van der Waals surface area contributed by atoms with Gasteiger partial charge in [0.2, 0.25) is 0 Å². The Kier molecular flexibility index (Phi) is 5.70. The fourth-order valence-corrected chi connectivity index (χ4v) is 3.03. The number of carbonyl (C=O) groups is 2. The normalized spacial score (nSPS) is 20.4. The van der Waals surface area contributed by atoms with E-state index in [4.69, 9.17) is 14.2 Å². The summed E-state index contributed by atoms with van der Waals surface area (Å²) in [4.78, 5) is 26.8. The van der Waals surface area contributed by atoms with Crippen LogP contribution in [0.5, 0.6) is 11.5 Å². The van der Waals surface area contributed by atoms with Crippen LogP contribution in [0.3, 0.4) is 0 Å². The van der Waals surface area contributed by atoms with Gasteiger partial charge in [-0.1, -0.05) is 0 Å². The number of benzene rings is 1. The molecule has 0 radical (unpaired) electrons. The lowest BCUT2D eigenvalue weighted by Crippen LogP contribution is -2.49. The molecule has 1 fully saturated rings. The van der Waals surface area contributed by atoms with E-state index in [1.165, 1.54) is 7.11 Å². The molecule has 2 rings (SSSR count). The quantitative estimate of drug-likeness (QED) is 0.774. The molecule has 0 aliphatic carbocycles. The third-order valence-electron chi connectivity index (χ3n) is 4.39. The smallest absolute Gasteiger partial charge is 0.313 e. The van der Waals surface area contributed by atoms with E-state index in [2.05, 4.69) is 0 Å². The van der Waals surface area contributed by atoms with Crippen LogP contribution in [0.2, 0.25) is 0 Å². The number of piperidine rings is 1. The molecule has 0 aromatic heterocycles. The summed E-state index contributed by atoms with van der Waals surface area (Å²) in [7, 11) is 3.08. The molecule has 1 heterocycles. The number of esters is 1. The average molecular weight is 335 g/mol. The Morgan fingerprint density at radius 2 is 2.00 bits per heavy atom. The van der Waals surface area contributed by atoms with Crippen molar-refractivity contribution in [3.8, 4) is 11.5 Å². The summed E-state index contributed by atoms with van der Waals surface area (Å²) >= 11 is 0. The van der Waals surface area contributed by atoms with Crippen LogP contribution < -0.4 is 9.47 Å². The summed E-state index contributed by atoms with van der Waals surface area (Å²) in [6.07, 6.45) is 1.48. The summed E-state index contributed by atoms with van der Waals surface area (Å²) in [5, 5.41) is 0. The lowest BCUT2D eigenvalue weighted by Gasteiger charge is -2.38. The van der Waals surface area contributed by atoms with Gasteiger partial charge in [-0.2, -0.15) is 0 Å². The van der Waals surface area contributed by atoms with Gasteiger partial charge in [0.15, 0.2) is 0 Å². The maximum atomic E-state index is 12.9. The van der Waals surface area contributed by atoms with Gasteiger partial charge in [-0.3, -0.25) is 9.59 Å². The third-order valence-corrected chi connectivity index (χ3v) is 4.39. The molecular formula is C18H25NO5. The van der Waals surface area contributed by atoms with Crippen LogP contribution >= 0.6 is 0 Å². The summed E-state index contributed by atoms with van der Waals surface area (Å²) < 4.78 is 15.7. The average Bonchev–Trinajstić information content (AvgIpc) is 2.60. The Bertz CT molecular complexity index is 615. The van der Waals surface area contributed by atoms with E-state index >= 15 is 0 Å². The van der Waals surface area contributed by atoms with Crippen molar-refractivity contribution in [1.82, 2.24) is 4.90 Å². The van der Waals surface area contributed by atoms with Crippen molar-refractivity contribution in [2.75, 3.05) is 33.9 Å². The SMILES string of the molecule is CCOC(=O)C1(C)CCCN(C(=O)c2ccc(OC)cc2OC)C1. The molecule has 0 spiro atoms. The number of methoxy groups -OCH3 is 2. The predicted octanol–water partition coefficient (Wildman–Crippen LogP) is 2.51. The van der Waals surface area contributed by atoms with Crippen molar-refractivity contribution < 1.29 is 23.8 Å². The summed E-state index contributed by atoms with van der Waals surface area (Å²) in [6.45, 7) is 4.95. The Hall–Kier alpha value is -2.24. The Morgan fingerprint density at radius 3 is 2.62 bits per heavy atom. The van der Waals surface area contributed by atoms with Crippen molar-refractivity contribution in [3.05, 3.63) is 23.8 Å². The standard InChI is InChI=1S/C18H25NO5/c1-5-24-17(21)18(2)9-6-10-19(12-18)16(20)14-8-7-13(22-3)11-15(14)23-4/h7-8,11H,5-6,9-10,12H2,1-4H3. The van der Waals surface area contributed by atoms with Gasteiger partial charge in [-0.05, 0) is 38.8 Å². The van der Waals surface area contributed by atoms with Crippen molar-refractivity contribution in [2.24, 2.45) is 5.41 Å². The number of rotatable bonds is 5. The summed E-state index contributed by atoms with van der Waals surface area (Å²) in [5.74, 6) is 0.690. The highest BCUT2D eigenvalue weighted by atomic mass is 16.5. The Labute approximate surface area is 142 Å². The number of likely N-dealkylation sites (tertiary alicyclic amines) is 1. The van der Waals surface area contributed by atoms with Crippen molar-refractivity contribution in [1.29, 1.82) is 0 Å². The Balaban J connectivity index is 2.22. The van der Waals surface area contributed by atoms with Gasteiger partial charge in [-0.25, -0.2) is 0 Å².